The van der Waals surface area contributed by atoms with Crippen LogP contribution in [0.4, 0.5) is 9.09 Å². The van der Waals surface area contributed by atoms with Crippen molar-refractivity contribution in [3.8, 4) is 0 Å². The van der Waals surface area contributed by atoms with Gasteiger partial charge in [-0.15, -0.1) is 0 Å². The first kappa shape index (κ1) is 17.2. The van der Waals surface area contributed by atoms with Crippen LogP contribution in [0.2, 0.25) is 0 Å². The van der Waals surface area contributed by atoms with E-state index in [1.165, 1.54) is 0 Å². The van der Waals surface area contributed by atoms with Gasteiger partial charge < -0.3 is 9.47 Å². The van der Waals surface area contributed by atoms with E-state index < -0.39 is 24.5 Å². The van der Waals surface area contributed by atoms with E-state index in [2.05, 4.69) is 4.74 Å². The molecule has 0 bridgehead atoms. The standard InChI is InChI=1S/C10H17FO4.FH/c1-3-8(10(13)14-4-2)7-9(12)15-6-5-11;/h8H,3-7H2,1-2H3;1H. The Balaban J connectivity index is 0. The fraction of sp³-hybridized carbons (Fsp3) is 0.800. The summed E-state index contributed by atoms with van der Waals surface area (Å²) in [5.74, 6) is -1.46. The first-order valence-corrected chi connectivity index (χ1v) is 5.03. The summed E-state index contributed by atoms with van der Waals surface area (Å²) in [5, 5.41) is 0. The van der Waals surface area contributed by atoms with E-state index in [-0.39, 0.29) is 24.3 Å². The summed E-state index contributed by atoms with van der Waals surface area (Å²) in [4.78, 5) is 22.4. The van der Waals surface area contributed by atoms with Gasteiger partial charge in [-0.25, -0.2) is 4.39 Å². The third kappa shape index (κ3) is 7.14. The molecule has 1 atom stereocenters. The van der Waals surface area contributed by atoms with E-state index in [1.807, 2.05) is 0 Å². The summed E-state index contributed by atoms with van der Waals surface area (Å²) in [6, 6.07) is 0. The van der Waals surface area contributed by atoms with Crippen molar-refractivity contribution in [1.82, 2.24) is 0 Å². The quantitative estimate of drug-likeness (QED) is 0.635. The second-order valence-electron chi connectivity index (χ2n) is 2.97. The molecule has 0 fully saturated rings. The highest BCUT2D eigenvalue weighted by molar-refractivity contribution is 5.79. The molecule has 0 aromatic heterocycles. The molecular weight excluding hydrogens is 222 g/mol. The molecule has 1 unspecified atom stereocenters. The van der Waals surface area contributed by atoms with Gasteiger partial charge >= 0.3 is 11.9 Å². The molecule has 0 spiro atoms. The molecule has 0 amide bonds. The number of esters is 2. The van der Waals surface area contributed by atoms with Crippen LogP contribution in [0.25, 0.3) is 0 Å². The first-order valence-electron chi connectivity index (χ1n) is 5.03. The Morgan fingerprint density at radius 2 is 1.88 bits per heavy atom. The Labute approximate surface area is 93.5 Å². The van der Waals surface area contributed by atoms with Crippen LogP contribution in [0.15, 0.2) is 0 Å². The van der Waals surface area contributed by atoms with Gasteiger partial charge in [0, 0.05) is 0 Å². The molecule has 0 saturated carbocycles. The van der Waals surface area contributed by atoms with Crippen molar-refractivity contribution < 1.29 is 28.2 Å². The first-order chi connectivity index (χ1) is 7.15. The molecule has 0 N–H and O–H groups in total. The smallest absolute Gasteiger partial charge is 0.309 e. The normalized spacial score (nSPS) is 11.2. The minimum absolute atomic E-state index is 0. The number of rotatable bonds is 7. The molecule has 0 radical (unpaired) electrons. The van der Waals surface area contributed by atoms with Gasteiger partial charge in [-0.2, -0.15) is 0 Å². The summed E-state index contributed by atoms with van der Waals surface area (Å²) in [5.41, 5.74) is 0. The summed E-state index contributed by atoms with van der Waals surface area (Å²) in [6.07, 6.45) is 0.457. The molecule has 96 valence electrons. The van der Waals surface area contributed by atoms with Crippen LogP contribution >= 0.6 is 0 Å². The summed E-state index contributed by atoms with van der Waals surface area (Å²) in [6.45, 7) is 2.81. The SMILES string of the molecule is CCOC(=O)C(CC)CC(=O)OCCF.F. The molecule has 0 aliphatic heterocycles. The molecule has 6 heteroatoms. The molecule has 4 nitrogen and oxygen atoms in total. The molecule has 0 aliphatic carbocycles. The maximum absolute atomic E-state index is 11.7. The van der Waals surface area contributed by atoms with Gasteiger partial charge in [-0.3, -0.25) is 14.3 Å². The van der Waals surface area contributed by atoms with Crippen molar-refractivity contribution >= 4 is 11.9 Å². The highest BCUT2D eigenvalue weighted by Crippen LogP contribution is 2.11. The zero-order chi connectivity index (χ0) is 11.7. The molecule has 0 aliphatic rings. The second kappa shape index (κ2) is 10.3. The Hall–Kier alpha value is -1.20. The van der Waals surface area contributed by atoms with Crippen LogP contribution in [0, 0.1) is 5.92 Å². The lowest BCUT2D eigenvalue weighted by Gasteiger charge is -2.12. The average Bonchev–Trinajstić information content (AvgIpc) is 2.23. The van der Waals surface area contributed by atoms with E-state index in [9.17, 15) is 14.0 Å². The van der Waals surface area contributed by atoms with E-state index >= 15 is 0 Å². The van der Waals surface area contributed by atoms with Crippen molar-refractivity contribution in [3.05, 3.63) is 0 Å². The van der Waals surface area contributed by atoms with Crippen molar-refractivity contribution in [2.45, 2.75) is 26.7 Å². The van der Waals surface area contributed by atoms with E-state index in [0.29, 0.717) is 6.42 Å². The number of halogens is 2. The molecule has 0 saturated heterocycles. The zero-order valence-electron chi connectivity index (χ0n) is 9.53. The van der Waals surface area contributed by atoms with Gasteiger partial charge in [0.05, 0.1) is 18.9 Å². The number of carbonyl (C=O) groups is 2. The van der Waals surface area contributed by atoms with Gasteiger partial charge in [-0.1, -0.05) is 6.92 Å². The van der Waals surface area contributed by atoms with Crippen molar-refractivity contribution in [1.29, 1.82) is 0 Å². The largest absolute Gasteiger partial charge is 0.466 e. The Bertz CT molecular complexity index is 209. The lowest BCUT2D eigenvalue weighted by molar-refractivity contribution is -0.155. The molecular formula is C10H18F2O4. The summed E-state index contributed by atoms with van der Waals surface area (Å²) < 4.78 is 21.0. The van der Waals surface area contributed by atoms with Gasteiger partial charge in [-0.05, 0) is 13.3 Å². The van der Waals surface area contributed by atoms with E-state index in [4.69, 9.17) is 4.74 Å². The topological polar surface area (TPSA) is 52.6 Å². The number of hydrogen-bond acceptors (Lipinski definition) is 4. The number of carbonyl (C=O) groups excluding carboxylic acids is 2. The third-order valence-electron chi connectivity index (χ3n) is 1.87. The predicted octanol–water partition coefficient (Wildman–Crippen LogP) is 1.63. The van der Waals surface area contributed by atoms with Crippen molar-refractivity contribution in [2.24, 2.45) is 5.92 Å². The van der Waals surface area contributed by atoms with Gasteiger partial charge in [0.15, 0.2) is 0 Å². The van der Waals surface area contributed by atoms with E-state index in [0.717, 1.165) is 0 Å². The molecule has 0 aromatic rings. The number of hydrogen-bond donors (Lipinski definition) is 0. The Morgan fingerprint density at radius 3 is 2.31 bits per heavy atom. The minimum Gasteiger partial charge on any atom is -0.466 e. The molecule has 0 heterocycles. The molecule has 16 heavy (non-hydrogen) atoms. The van der Waals surface area contributed by atoms with Crippen molar-refractivity contribution in [3.63, 3.8) is 0 Å². The summed E-state index contributed by atoms with van der Waals surface area (Å²) >= 11 is 0. The fourth-order valence-electron chi connectivity index (χ4n) is 1.07. The fourth-order valence-corrected chi connectivity index (χ4v) is 1.07. The second-order valence-corrected chi connectivity index (χ2v) is 2.97. The predicted molar refractivity (Wildman–Crippen MR) is 54.5 cm³/mol. The molecule has 0 rings (SSSR count). The average molecular weight is 240 g/mol. The maximum atomic E-state index is 11.7. The molecule has 0 aromatic carbocycles. The maximum Gasteiger partial charge on any atom is 0.309 e. The highest BCUT2D eigenvalue weighted by atomic mass is 19.1. The Kier molecular flexibility index (Phi) is 11.1. The monoisotopic (exact) mass is 240 g/mol. The Morgan fingerprint density at radius 1 is 1.25 bits per heavy atom. The van der Waals surface area contributed by atoms with Crippen LogP contribution in [0.1, 0.15) is 26.7 Å². The van der Waals surface area contributed by atoms with Gasteiger partial charge in [0.25, 0.3) is 0 Å². The third-order valence-corrected chi connectivity index (χ3v) is 1.87. The van der Waals surface area contributed by atoms with Gasteiger partial charge in [0.1, 0.15) is 13.3 Å². The van der Waals surface area contributed by atoms with Crippen molar-refractivity contribution in [2.75, 3.05) is 19.9 Å². The lowest BCUT2D eigenvalue weighted by Crippen LogP contribution is -2.22. The highest BCUT2D eigenvalue weighted by Gasteiger charge is 2.21. The number of ether oxygens (including phenoxy) is 2. The number of alkyl halides is 1. The van der Waals surface area contributed by atoms with E-state index in [1.54, 1.807) is 13.8 Å². The van der Waals surface area contributed by atoms with Crippen LogP contribution in [-0.2, 0) is 19.1 Å². The minimum atomic E-state index is -0.706. The lowest BCUT2D eigenvalue weighted by atomic mass is 10.0. The van der Waals surface area contributed by atoms with Crippen LogP contribution in [0.5, 0.6) is 0 Å². The zero-order valence-corrected chi connectivity index (χ0v) is 9.53. The van der Waals surface area contributed by atoms with Crippen LogP contribution < -0.4 is 0 Å². The van der Waals surface area contributed by atoms with Gasteiger partial charge in [0.2, 0.25) is 0 Å². The van der Waals surface area contributed by atoms with Crippen LogP contribution in [-0.4, -0.2) is 31.8 Å². The van der Waals surface area contributed by atoms with Crippen LogP contribution in [0.3, 0.4) is 0 Å². The summed E-state index contributed by atoms with van der Waals surface area (Å²) in [7, 11) is 0.